The van der Waals surface area contributed by atoms with Crippen LogP contribution >= 0.6 is 0 Å². The molecule has 1 fully saturated rings. The van der Waals surface area contributed by atoms with Gasteiger partial charge in [0.15, 0.2) is 0 Å². The van der Waals surface area contributed by atoms with Crippen molar-refractivity contribution in [2.24, 2.45) is 5.92 Å². The summed E-state index contributed by atoms with van der Waals surface area (Å²) in [6.07, 6.45) is 4.02. The molecule has 1 aromatic rings. The molecule has 2 rings (SSSR count). The fourth-order valence-electron chi connectivity index (χ4n) is 2.62. The lowest BCUT2D eigenvalue weighted by Gasteiger charge is -2.22. The molecule has 1 aliphatic carbocycles. The lowest BCUT2D eigenvalue weighted by Crippen LogP contribution is -2.19. The third-order valence-corrected chi connectivity index (χ3v) is 3.68. The molecule has 0 amide bonds. The van der Waals surface area contributed by atoms with Crippen LogP contribution in [-0.2, 0) is 0 Å². The molecular formula is C15H23NO. The second kappa shape index (κ2) is 5.09. The topological polar surface area (TPSA) is 21.3 Å². The number of methoxy groups -OCH3 is 1. The number of benzene rings is 1. The minimum Gasteiger partial charge on any atom is -0.496 e. The van der Waals surface area contributed by atoms with Crippen LogP contribution in [0.2, 0.25) is 0 Å². The molecule has 1 N–H and O–H groups in total. The standard InChI is InChI=1S/C15H23NO/c1-10-7-11(2)15(14(8-10)17-4)13(16-3)9-12-5-6-12/h7-8,12-13,16H,5-6,9H2,1-4H3. The van der Waals surface area contributed by atoms with Crippen molar-refractivity contribution in [2.45, 2.75) is 39.2 Å². The molecule has 17 heavy (non-hydrogen) atoms. The molecule has 0 aliphatic heterocycles. The van der Waals surface area contributed by atoms with E-state index in [9.17, 15) is 0 Å². The number of rotatable bonds is 5. The zero-order valence-corrected chi connectivity index (χ0v) is 11.3. The van der Waals surface area contributed by atoms with Crippen LogP contribution in [0.4, 0.5) is 0 Å². The van der Waals surface area contributed by atoms with Crippen LogP contribution in [-0.4, -0.2) is 14.2 Å². The number of ether oxygens (including phenoxy) is 1. The van der Waals surface area contributed by atoms with Gasteiger partial charge in [-0.1, -0.05) is 18.9 Å². The molecule has 0 aromatic heterocycles. The van der Waals surface area contributed by atoms with Crippen LogP contribution in [0.3, 0.4) is 0 Å². The van der Waals surface area contributed by atoms with Crippen molar-refractivity contribution >= 4 is 0 Å². The Morgan fingerprint density at radius 3 is 2.59 bits per heavy atom. The Labute approximate surface area is 104 Å². The van der Waals surface area contributed by atoms with E-state index in [-0.39, 0.29) is 0 Å². The Balaban J connectivity index is 2.32. The zero-order valence-electron chi connectivity index (χ0n) is 11.3. The van der Waals surface area contributed by atoms with Gasteiger partial charge in [-0.05, 0) is 50.4 Å². The second-order valence-corrected chi connectivity index (χ2v) is 5.22. The zero-order chi connectivity index (χ0) is 12.4. The summed E-state index contributed by atoms with van der Waals surface area (Å²) >= 11 is 0. The highest BCUT2D eigenvalue weighted by atomic mass is 16.5. The van der Waals surface area contributed by atoms with E-state index < -0.39 is 0 Å². The maximum absolute atomic E-state index is 5.55. The van der Waals surface area contributed by atoms with E-state index in [0.717, 1.165) is 11.7 Å². The van der Waals surface area contributed by atoms with Gasteiger partial charge < -0.3 is 10.1 Å². The van der Waals surface area contributed by atoms with Crippen molar-refractivity contribution in [2.75, 3.05) is 14.2 Å². The van der Waals surface area contributed by atoms with E-state index in [2.05, 4.69) is 31.3 Å². The predicted molar refractivity (Wildman–Crippen MR) is 71.6 cm³/mol. The Morgan fingerprint density at radius 2 is 2.06 bits per heavy atom. The molecule has 1 unspecified atom stereocenters. The summed E-state index contributed by atoms with van der Waals surface area (Å²) in [6, 6.07) is 4.81. The van der Waals surface area contributed by atoms with Crippen LogP contribution in [0, 0.1) is 19.8 Å². The van der Waals surface area contributed by atoms with Gasteiger partial charge in [-0.15, -0.1) is 0 Å². The average Bonchev–Trinajstić information content (AvgIpc) is 3.09. The smallest absolute Gasteiger partial charge is 0.124 e. The summed E-state index contributed by atoms with van der Waals surface area (Å²) in [6.45, 7) is 4.30. The molecule has 0 spiro atoms. The van der Waals surface area contributed by atoms with Crippen molar-refractivity contribution in [3.63, 3.8) is 0 Å². The van der Waals surface area contributed by atoms with E-state index >= 15 is 0 Å². The van der Waals surface area contributed by atoms with Crippen LogP contribution in [0.25, 0.3) is 0 Å². The molecule has 0 saturated heterocycles. The minimum atomic E-state index is 0.429. The molecule has 1 aliphatic rings. The summed E-state index contributed by atoms with van der Waals surface area (Å²) in [5.74, 6) is 1.94. The van der Waals surface area contributed by atoms with Gasteiger partial charge in [0.2, 0.25) is 0 Å². The molecule has 2 heteroatoms. The third-order valence-electron chi connectivity index (χ3n) is 3.68. The van der Waals surface area contributed by atoms with Gasteiger partial charge in [-0.2, -0.15) is 0 Å². The van der Waals surface area contributed by atoms with E-state index in [1.54, 1.807) is 7.11 Å². The van der Waals surface area contributed by atoms with Gasteiger partial charge in [0, 0.05) is 11.6 Å². The first kappa shape index (κ1) is 12.4. The van der Waals surface area contributed by atoms with Gasteiger partial charge in [-0.25, -0.2) is 0 Å². The van der Waals surface area contributed by atoms with Gasteiger partial charge in [0.25, 0.3) is 0 Å². The molecule has 94 valence electrons. The molecule has 1 aromatic carbocycles. The van der Waals surface area contributed by atoms with Crippen molar-refractivity contribution in [3.8, 4) is 5.75 Å². The molecule has 1 saturated carbocycles. The first-order valence-corrected chi connectivity index (χ1v) is 6.48. The van der Waals surface area contributed by atoms with Crippen LogP contribution < -0.4 is 10.1 Å². The van der Waals surface area contributed by atoms with Gasteiger partial charge in [0.05, 0.1) is 7.11 Å². The Morgan fingerprint density at radius 1 is 1.35 bits per heavy atom. The summed E-state index contributed by atoms with van der Waals surface area (Å²) in [7, 11) is 3.81. The average molecular weight is 233 g/mol. The molecule has 0 bridgehead atoms. The highest BCUT2D eigenvalue weighted by Crippen LogP contribution is 2.40. The highest BCUT2D eigenvalue weighted by molar-refractivity contribution is 5.45. The summed E-state index contributed by atoms with van der Waals surface area (Å²) in [5, 5.41) is 3.44. The Bertz CT molecular complexity index is 396. The van der Waals surface area contributed by atoms with Crippen LogP contribution in [0.5, 0.6) is 5.75 Å². The minimum absolute atomic E-state index is 0.429. The van der Waals surface area contributed by atoms with Gasteiger partial charge in [-0.3, -0.25) is 0 Å². The normalized spacial score (nSPS) is 16.9. The SMILES string of the molecule is CNC(CC1CC1)c1c(C)cc(C)cc1OC. The number of nitrogens with one attached hydrogen (secondary N) is 1. The lowest BCUT2D eigenvalue weighted by atomic mass is 9.94. The Kier molecular flexibility index (Phi) is 3.72. The molecular weight excluding hydrogens is 210 g/mol. The molecule has 2 nitrogen and oxygen atoms in total. The van der Waals surface area contributed by atoms with Gasteiger partial charge >= 0.3 is 0 Å². The van der Waals surface area contributed by atoms with E-state index in [1.807, 2.05) is 7.05 Å². The Hall–Kier alpha value is -1.02. The van der Waals surface area contributed by atoms with Crippen molar-refractivity contribution in [1.82, 2.24) is 5.32 Å². The van der Waals surface area contributed by atoms with E-state index in [0.29, 0.717) is 6.04 Å². The van der Waals surface area contributed by atoms with Crippen molar-refractivity contribution in [3.05, 3.63) is 28.8 Å². The third kappa shape index (κ3) is 2.81. The maximum atomic E-state index is 5.55. The summed E-state index contributed by atoms with van der Waals surface area (Å²) in [4.78, 5) is 0. The lowest BCUT2D eigenvalue weighted by molar-refractivity contribution is 0.395. The predicted octanol–water partition coefficient (Wildman–Crippen LogP) is 3.37. The molecule has 0 heterocycles. The van der Waals surface area contributed by atoms with Crippen molar-refractivity contribution < 1.29 is 4.74 Å². The fraction of sp³-hybridized carbons (Fsp3) is 0.600. The number of aryl methyl sites for hydroxylation is 2. The van der Waals surface area contributed by atoms with Gasteiger partial charge in [0.1, 0.15) is 5.75 Å². The largest absolute Gasteiger partial charge is 0.496 e. The van der Waals surface area contributed by atoms with Crippen molar-refractivity contribution in [1.29, 1.82) is 0 Å². The summed E-state index contributed by atoms with van der Waals surface area (Å²) in [5.41, 5.74) is 3.94. The first-order valence-electron chi connectivity index (χ1n) is 6.48. The van der Waals surface area contributed by atoms with E-state index in [1.165, 1.54) is 36.0 Å². The molecule has 1 atom stereocenters. The quantitative estimate of drug-likeness (QED) is 0.842. The van der Waals surface area contributed by atoms with E-state index in [4.69, 9.17) is 4.74 Å². The number of hydrogen-bond acceptors (Lipinski definition) is 2. The highest BCUT2D eigenvalue weighted by Gasteiger charge is 2.27. The number of hydrogen-bond donors (Lipinski definition) is 1. The monoisotopic (exact) mass is 233 g/mol. The molecule has 0 radical (unpaired) electrons. The van der Waals surface area contributed by atoms with Crippen LogP contribution in [0.15, 0.2) is 12.1 Å². The maximum Gasteiger partial charge on any atom is 0.124 e. The van der Waals surface area contributed by atoms with Crippen LogP contribution in [0.1, 0.15) is 42.0 Å². The summed E-state index contributed by atoms with van der Waals surface area (Å²) < 4.78 is 5.55. The first-order chi connectivity index (χ1) is 8.15. The fourth-order valence-corrected chi connectivity index (χ4v) is 2.62. The second-order valence-electron chi connectivity index (χ2n) is 5.22.